The maximum Gasteiger partial charge on any atom is 0.129 e. The van der Waals surface area contributed by atoms with Gasteiger partial charge in [0.05, 0.1) is 17.7 Å². The predicted molar refractivity (Wildman–Crippen MR) is 57.0 cm³/mol. The third-order valence-corrected chi connectivity index (χ3v) is 2.82. The molecule has 0 amide bonds. The molecule has 0 spiro atoms. The molecule has 2 rings (SSSR count). The molecule has 1 aromatic carbocycles. The quantitative estimate of drug-likeness (QED) is 0.816. The van der Waals surface area contributed by atoms with Crippen LogP contribution in [0.4, 0.5) is 4.39 Å². The van der Waals surface area contributed by atoms with E-state index in [9.17, 15) is 9.50 Å². The first-order valence-electron chi connectivity index (χ1n) is 5.28. The molecule has 0 aliphatic carbocycles. The Morgan fingerprint density at radius 2 is 2.38 bits per heavy atom. The van der Waals surface area contributed by atoms with Crippen molar-refractivity contribution in [2.45, 2.75) is 19.1 Å². The molecule has 84 valence electrons. The van der Waals surface area contributed by atoms with Crippen molar-refractivity contribution in [3.8, 4) is 6.07 Å². The summed E-state index contributed by atoms with van der Waals surface area (Å²) in [5.41, 5.74) is 0.913. The molecule has 0 saturated carbocycles. The van der Waals surface area contributed by atoms with E-state index >= 15 is 0 Å². The van der Waals surface area contributed by atoms with Crippen LogP contribution in [0.15, 0.2) is 18.2 Å². The standard InChI is InChI=1S/C12H13FN2O/c13-12-5-9(6-14)1-2-10(12)7-15-4-3-11(16)8-15/h1-2,5,11,16H,3-4,7-8H2/t11-/m1/s1. The van der Waals surface area contributed by atoms with Crippen LogP contribution >= 0.6 is 0 Å². The van der Waals surface area contributed by atoms with Crippen LogP contribution < -0.4 is 0 Å². The second-order valence-corrected chi connectivity index (χ2v) is 4.10. The van der Waals surface area contributed by atoms with Gasteiger partial charge >= 0.3 is 0 Å². The molecule has 3 nitrogen and oxygen atoms in total. The van der Waals surface area contributed by atoms with E-state index < -0.39 is 0 Å². The van der Waals surface area contributed by atoms with E-state index in [1.54, 1.807) is 12.1 Å². The minimum atomic E-state index is -0.347. The van der Waals surface area contributed by atoms with E-state index in [0.29, 0.717) is 24.2 Å². The van der Waals surface area contributed by atoms with Crippen molar-refractivity contribution in [3.05, 3.63) is 35.1 Å². The molecule has 1 aliphatic heterocycles. The summed E-state index contributed by atoms with van der Waals surface area (Å²) in [5, 5.41) is 18.0. The summed E-state index contributed by atoms with van der Waals surface area (Å²) in [6.07, 6.45) is 0.458. The summed E-state index contributed by atoms with van der Waals surface area (Å²) >= 11 is 0. The minimum absolute atomic E-state index is 0.290. The van der Waals surface area contributed by atoms with Gasteiger partial charge in [-0.25, -0.2) is 4.39 Å². The summed E-state index contributed by atoms with van der Waals surface area (Å²) in [6, 6.07) is 6.41. The second-order valence-electron chi connectivity index (χ2n) is 4.10. The first-order chi connectivity index (χ1) is 7.69. The van der Waals surface area contributed by atoms with Crippen molar-refractivity contribution >= 4 is 0 Å². The van der Waals surface area contributed by atoms with Crippen LogP contribution in [-0.4, -0.2) is 29.2 Å². The number of nitrogens with zero attached hydrogens (tertiary/aromatic N) is 2. The molecule has 1 aromatic rings. The molecule has 16 heavy (non-hydrogen) atoms. The lowest BCUT2D eigenvalue weighted by atomic mass is 10.1. The molecule has 1 saturated heterocycles. The molecule has 0 radical (unpaired) electrons. The van der Waals surface area contributed by atoms with Gasteiger partial charge in [0, 0.05) is 25.2 Å². The average Bonchev–Trinajstić information content (AvgIpc) is 2.67. The van der Waals surface area contributed by atoms with Crippen LogP contribution in [0, 0.1) is 17.1 Å². The van der Waals surface area contributed by atoms with Gasteiger partial charge in [-0.15, -0.1) is 0 Å². The van der Waals surface area contributed by atoms with Gasteiger partial charge in [0.15, 0.2) is 0 Å². The lowest BCUT2D eigenvalue weighted by molar-refractivity contribution is 0.174. The maximum atomic E-state index is 13.5. The molecule has 1 fully saturated rings. The Bertz CT molecular complexity index is 428. The molecule has 4 heteroatoms. The highest BCUT2D eigenvalue weighted by Gasteiger charge is 2.20. The van der Waals surface area contributed by atoms with E-state index in [0.717, 1.165) is 13.0 Å². The van der Waals surface area contributed by atoms with Crippen LogP contribution in [-0.2, 0) is 6.54 Å². The zero-order chi connectivity index (χ0) is 11.5. The molecular weight excluding hydrogens is 207 g/mol. The van der Waals surface area contributed by atoms with Crippen molar-refractivity contribution in [2.24, 2.45) is 0 Å². The van der Waals surface area contributed by atoms with Gasteiger partial charge in [0.2, 0.25) is 0 Å². The number of halogens is 1. The maximum absolute atomic E-state index is 13.5. The lowest BCUT2D eigenvalue weighted by Gasteiger charge is -2.15. The Kier molecular flexibility index (Phi) is 3.18. The Labute approximate surface area is 93.7 Å². The van der Waals surface area contributed by atoms with Gasteiger partial charge in [-0.05, 0) is 18.6 Å². The number of aliphatic hydroxyl groups excluding tert-OH is 1. The van der Waals surface area contributed by atoms with E-state index in [1.807, 2.05) is 11.0 Å². The Morgan fingerprint density at radius 1 is 1.56 bits per heavy atom. The smallest absolute Gasteiger partial charge is 0.129 e. The number of rotatable bonds is 2. The van der Waals surface area contributed by atoms with Crippen molar-refractivity contribution in [1.82, 2.24) is 4.90 Å². The number of hydrogen-bond acceptors (Lipinski definition) is 3. The predicted octanol–water partition coefficient (Wildman–Crippen LogP) is 1.26. The fourth-order valence-electron chi connectivity index (χ4n) is 1.94. The van der Waals surface area contributed by atoms with Gasteiger partial charge in [0.1, 0.15) is 5.82 Å². The normalized spacial score (nSPS) is 20.9. The van der Waals surface area contributed by atoms with E-state index in [1.165, 1.54) is 6.07 Å². The molecule has 1 N–H and O–H groups in total. The van der Waals surface area contributed by atoms with Crippen LogP contribution in [0.2, 0.25) is 0 Å². The third-order valence-electron chi connectivity index (χ3n) is 2.82. The second kappa shape index (κ2) is 4.60. The molecule has 1 heterocycles. The molecular formula is C12H13FN2O. The zero-order valence-electron chi connectivity index (χ0n) is 8.86. The highest BCUT2D eigenvalue weighted by atomic mass is 19.1. The highest BCUT2D eigenvalue weighted by molar-refractivity contribution is 5.32. The van der Waals surface area contributed by atoms with Crippen LogP contribution in [0.25, 0.3) is 0 Å². The van der Waals surface area contributed by atoms with E-state index in [-0.39, 0.29) is 11.9 Å². The largest absolute Gasteiger partial charge is 0.392 e. The summed E-state index contributed by atoms with van der Waals surface area (Å²) in [5.74, 6) is -0.347. The molecule has 0 bridgehead atoms. The summed E-state index contributed by atoms with van der Waals surface area (Å²) in [6.45, 7) is 1.88. The van der Waals surface area contributed by atoms with Gasteiger partial charge in [0.25, 0.3) is 0 Å². The lowest BCUT2D eigenvalue weighted by Crippen LogP contribution is -2.22. The third kappa shape index (κ3) is 2.38. The Morgan fingerprint density at radius 3 is 2.94 bits per heavy atom. The van der Waals surface area contributed by atoms with Gasteiger partial charge in [-0.2, -0.15) is 5.26 Å². The molecule has 1 aliphatic rings. The van der Waals surface area contributed by atoms with Gasteiger partial charge in [-0.3, -0.25) is 4.90 Å². The minimum Gasteiger partial charge on any atom is -0.392 e. The van der Waals surface area contributed by atoms with Crippen molar-refractivity contribution in [3.63, 3.8) is 0 Å². The first-order valence-corrected chi connectivity index (χ1v) is 5.28. The number of nitriles is 1. The number of aliphatic hydroxyl groups is 1. The molecule has 1 atom stereocenters. The van der Waals surface area contributed by atoms with Crippen LogP contribution in [0.1, 0.15) is 17.5 Å². The number of likely N-dealkylation sites (tertiary alicyclic amines) is 1. The Balaban J connectivity index is 2.08. The molecule has 0 unspecified atom stereocenters. The SMILES string of the molecule is N#Cc1ccc(CN2CC[C@@H](O)C2)c(F)c1. The summed E-state index contributed by atoms with van der Waals surface area (Å²) in [7, 11) is 0. The van der Waals surface area contributed by atoms with Crippen molar-refractivity contribution in [1.29, 1.82) is 5.26 Å². The van der Waals surface area contributed by atoms with E-state index in [4.69, 9.17) is 5.26 Å². The first kappa shape index (κ1) is 11.1. The van der Waals surface area contributed by atoms with Crippen LogP contribution in [0.3, 0.4) is 0 Å². The van der Waals surface area contributed by atoms with Gasteiger partial charge in [-0.1, -0.05) is 6.07 Å². The van der Waals surface area contributed by atoms with Crippen molar-refractivity contribution in [2.75, 3.05) is 13.1 Å². The van der Waals surface area contributed by atoms with E-state index in [2.05, 4.69) is 0 Å². The van der Waals surface area contributed by atoms with Gasteiger partial charge < -0.3 is 5.11 Å². The fourth-order valence-corrected chi connectivity index (χ4v) is 1.94. The monoisotopic (exact) mass is 220 g/mol. The average molecular weight is 220 g/mol. The van der Waals surface area contributed by atoms with Crippen molar-refractivity contribution < 1.29 is 9.50 Å². The molecule has 0 aromatic heterocycles. The summed E-state index contributed by atoms with van der Waals surface area (Å²) in [4.78, 5) is 2.01. The summed E-state index contributed by atoms with van der Waals surface area (Å²) < 4.78 is 13.5. The number of benzene rings is 1. The zero-order valence-corrected chi connectivity index (χ0v) is 8.86. The Hall–Kier alpha value is -1.44. The topological polar surface area (TPSA) is 47.3 Å². The number of hydrogen-bond donors (Lipinski definition) is 1. The highest BCUT2D eigenvalue weighted by Crippen LogP contribution is 2.16. The number of β-amino-alcohol motifs (C(OH)–C–C–N with tert-alkyl or cyclic N) is 1. The fraction of sp³-hybridized carbons (Fsp3) is 0.417. The van der Waals surface area contributed by atoms with Crippen LogP contribution in [0.5, 0.6) is 0 Å².